The van der Waals surface area contributed by atoms with Crippen LogP contribution in [-0.4, -0.2) is 17.6 Å². The highest BCUT2D eigenvalue weighted by Crippen LogP contribution is 1.97. The summed E-state index contributed by atoms with van der Waals surface area (Å²) in [6.07, 6.45) is 0. The molecular formula is C11H13NO2S. The summed E-state index contributed by atoms with van der Waals surface area (Å²) in [4.78, 5) is 10.3. The quantitative estimate of drug-likeness (QED) is 0.821. The Hall–Kier alpha value is -1.39. The molecule has 1 aromatic rings. The number of nitrogens with one attached hydrogen (secondary N) is 1. The predicted octanol–water partition coefficient (Wildman–Crippen LogP) is 2.05. The molecule has 0 aliphatic rings. The molecule has 3 nitrogen and oxygen atoms in total. The van der Waals surface area contributed by atoms with Gasteiger partial charge in [-0.25, -0.2) is 0 Å². The third-order valence-corrected chi connectivity index (χ3v) is 2.26. The van der Waals surface area contributed by atoms with Crippen LogP contribution in [0.2, 0.25) is 0 Å². The van der Waals surface area contributed by atoms with Crippen molar-refractivity contribution in [2.24, 2.45) is 0 Å². The number of hydrogen-bond acceptors (Lipinski definition) is 3. The first-order valence-corrected chi connectivity index (χ1v) is 5.50. The molecule has 1 rings (SSSR count). The zero-order valence-corrected chi connectivity index (χ0v) is 9.04. The molecule has 2 N–H and O–H groups in total. The molecule has 0 aliphatic heterocycles. The van der Waals surface area contributed by atoms with E-state index in [1.807, 2.05) is 41.1 Å². The van der Waals surface area contributed by atoms with Crippen LogP contribution in [0.1, 0.15) is 5.56 Å². The second-order valence-electron chi connectivity index (χ2n) is 2.89. The Balaban J connectivity index is 2.62. The maximum Gasteiger partial charge on any atom is 0.317 e. The number of aliphatic carboxylic acids is 1. The molecule has 1 heterocycles. The van der Waals surface area contributed by atoms with Gasteiger partial charge in [-0.1, -0.05) is 24.3 Å². The van der Waals surface area contributed by atoms with Crippen LogP contribution in [0.3, 0.4) is 0 Å². The van der Waals surface area contributed by atoms with Crippen molar-refractivity contribution in [3.05, 3.63) is 46.7 Å². The minimum Gasteiger partial charge on any atom is -0.480 e. The molecule has 0 unspecified atom stereocenters. The lowest BCUT2D eigenvalue weighted by Gasteiger charge is -1.98. The molecule has 0 amide bonds. The molecule has 0 aliphatic carbocycles. The molecule has 15 heavy (non-hydrogen) atoms. The molecule has 0 saturated heterocycles. The highest BCUT2D eigenvalue weighted by Gasteiger charge is 1.94. The summed E-state index contributed by atoms with van der Waals surface area (Å²) in [6, 6.07) is 9.77. The first-order chi connectivity index (χ1) is 7.29. The van der Waals surface area contributed by atoms with E-state index in [0.29, 0.717) is 6.54 Å². The molecule has 0 radical (unpaired) electrons. The second-order valence-corrected chi connectivity index (χ2v) is 3.71. The maximum atomic E-state index is 10.3. The molecule has 1 aromatic heterocycles. The molecule has 0 bridgehead atoms. The smallest absolute Gasteiger partial charge is 0.317 e. The Morgan fingerprint density at radius 3 is 2.93 bits per heavy atom. The first kappa shape index (κ1) is 11.7. The van der Waals surface area contributed by atoms with Gasteiger partial charge in [-0.05, 0) is 22.4 Å². The predicted molar refractivity (Wildman–Crippen MR) is 61.3 cm³/mol. The largest absolute Gasteiger partial charge is 0.480 e. The average molecular weight is 223 g/mol. The molecule has 4 heteroatoms. The second kappa shape index (κ2) is 6.98. The minimum atomic E-state index is -0.839. The number of hydrogen-bond donors (Lipinski definition) is 2. The maximum absolute atomic E-state index is 10.3. The van der Waals surface area contributed by atoms with E-state index in [9.17, 15) is 4.79 Å². The van der Waals surface area contributed by atoms with E-state index in [1.54, 1.807) is 11.3 Å². The summed E-state index contributed by atoms with van der Waals surface area (Å²) >= 11 is 1.59. The summed E-state index contributed by atoms with van der Waals surface area (Å²) < 4.78 is 0. The topological polar surface area (TPSA) is 49.3 Å². The van der Waals surface area contributed by atoms with Crippen LogP contribution in [0.25, 0.3) is 0 Å². The van der Waals surface area contributed by atoms with E-state index in [1.165, 1.54) is 0 Å². The van der Waals surface area contributed by atoms with Crippen LogP contribution in [0.15, 0.2) is 41.1 Å². The van der Waals surface area contributed by atoms with Gasteiger partial charge in [0.05, 0.1) is 6.54 Å². The normalized spacial score (nSPS) is 9.33. The Morgan fingerprint density at radius 2 is 2.13 bits per heavy atom. The molecule has 0 fully saturated rings. The van der Waals surface area contributed by atoms with E-state index in [2.05, 4.69) is 5.32 Å². The van der Waals surface area contributed by atoms with E-state index in [4.69, 9.17) is 5.11 Å². The molecule has 0 spiro atoms. The summed E-state index contributed by atoms with van der Waals surface area (Å²) in [5.41, 5.74) is 1.06. The van der Waals surface area contributed by atoms with Crippen LogP contribution < -0.4 is 5.32 Å². The Bertz CT molecular complexity index is 337. The highest BCUT2D eigenvalue weighted by atomic mass is 32.1. The summed E-state index contributed by atoms with van der Waals surface area (Å²) in [5, 5.41) is 15.3. The van der Waals surface area contributed by atoms with E-state index >= 15 is 0 Å². The third-order valence-electron chi connectivity index (χ3n) is 1.66. The van der Waals surface area contributed by atoms with Gasteiger partial charge in [-0.2, -0.15) is 11.3 Å². The van der Waals surface area contributed by atoms with Crippen LogP contribution in [-0.2, 0) is 11.3 Å². The Labute approximate surface area is 92.7 Å². The first-order valence-electron chi connectivity index (χ1n) is 4.56. The van der Waals surface area contributed by atoms with Gasteiger partial charge in [-0.15, -0.1) is 0 Å². The number of carbonyl (C=O) groups is 1. The van der Waals surface area contributed by atoms with Crippen LogP contribution in [0.4, 0.5) is 0 Å². The van der Waals surface area contributed by atoms with Crippen LogP contribution in [0.5, 0.6) is 0 Å². The zero-order valence-electron chi connectivity index (χ0n) is 8.22. The number of carboxylic acid groups (broad SMARTS) is 1. The lowest BCUT2D eigenvalue weighted by atomic mass is 10.3. The van der Waals surface area contributed by atoms with Gasteiger partial charge in [0.25, 0.3) is 0 Å². The SMILES string of the molecule is O=C(O)CNCc1cccccscc1. The average Bonchev–Trinajstić information content (AvgIpc) is 2.31. The van der Waals surface area contributed by atoms with Crippen molar-refractivity contribution in [2.45, 2.75) is 6.54 Å². The summed E-state index contributed by atoms with van der Waals surface area (Å²) in [6.45, 7) is 0.550. The van der Waals surface area contributed by atoms with Crippen molar-refractivity contribution in [1.29, 1.82) is 0 Å². The van der Waals surface area contributed by atoms with E-state index in [-0.39, 0.29) is 6.54 Å². The summed E-state index contributed by atoms with van der Waals surface area (Å²) in [7, 11) is 0. The zero-order chi connectivity index (χ0) is 10.9. The van der Waals surface area contributed by atoms with Gasteiger partial charge >= 0.3 is 5.97 Å². The fraction of sp³-hybridized carbons (Fsp3) is 0.182. The van der Waals surface area contributed by atoms with Crippen molar-refractivity contribution in [3.8, 4) is 0 Å². The van der Waals surface area contributed by atoms with E-state index in [0.717, 1.165) is 5.56 Å². The highest BCUT2D eigenvalue weighted by molar-refractivity contribution is 7.07. The van der Waals surface area contributed by atoms with Gasteiger partial charge in [-0.3, -0.25) is 4.79 Å². The van der Waals surface area contributed by atoms with E-state index < -0.39 is 5.97 Å². The fourth-order valence-electron chi connectivity index (χ4n) is 0.993. The van der Waals surface area contributed by atoms with Crippen molar-refractivity contribution in [1.82, 2.24) is 5.32 Å². The lowest BCUT2D eigenvalue weighted by molar-refractivity contribution is -0.135. The number of rotatable bonds is 4. The molecule has 80 valence electrons. The monoisotopic (exact) mass is 223 g/mol. The third kappa shape index (κ3) is 5.83. The van der Waals surface area contributed by atoms with Gasteiger partial charge < -0.3 is 10.4 Å². The van der Waals surface area contributed by atoms with Crippen LogP contribution in [0, 0.1) is 0 Å². The van der Waals surface area contributed by atoms with Crippen molar-refractivity contribution in [3.63, 3.8) is 0 Å². The van der Waals surface area contributed by atoms with Gasteiger partial charge in [0.15, 0.2) is 0 Å². The van der Waals surface area contributed by atoms with Crippen molar-refractivity contribution >= 4 is 17.3 Å². The fourth-order valence-corrected chi connectivity index (χ4v) is 1.52. The van der Waals surface area contributed by atoms with Crippen molar-refractivity contribution < 1.29 is 9.90 Å². The minimum absolute atomic E-state index is 0.0136. The van der Waals surface area contributed by atoms with Crippen molar-refractivity contribution in [2.75, 3.05) is 6.54 Å². The Kier molecular flexibility index (Phi) is 5.43. The lowest BCUT2D eigenvalue weighted by Crippen LogP contribution is -2.21. The molecule has 0 saturated carbocycles. The molecule has 0 aromatic carbocycles. The number of carboxylic acids is 1. The van der Waals surface area contributed by atoms with Crippen LogP contribution >= 0.6 is 11.3 Å². The van der Waals surface area contributed by atoms with Gasteiger partial charge in [0.2, 0.25) is 0 Å². The standard InChI is InChI=1S/C11H13NO2S/c13-11(14)9-12-8-10-4-2-1-3-6-15-7-5-10/h1-7,12H,8-9H2,(H,13,14). The molecule has 0 atom stereocenters. The van der Waals surface area contributed by atoms with Gasteiger partial charge in [0, 0.05) is 6.54 Å². The summed E-state index contributed by atoms with van der Waals surface area (Å²) in [5.74, 6) is -0.839. The van der Waals surface area contributed by atoms with Gasteiger partial charge in [0.1, 0.15) is 0 Å². The Morgan fingerprint density at radius 1 is 1.27 bits per heavy atom. The molecular weight excluding hydrogens is 210 g/mol.